The van der Waals surface area contributed by atoms with E-state index in [1.165, 1.54) is 5.56 Å². The second-order valence-electron chi connectivity index (χ2n) is 4.87. The quantitative estimate of drug-likeness (QED) is 0.897. The summed E-state index contributed by atoms with van der Waals surface area (Å²) in [5, 5.41) is 13.3. The van der Waals surface area contributed by atoms with Crippen LogP contribution in [0.15, 0.2) is 42.5 Å². The van der Waals surface area contributed by atoms with Crippen molar-refractivity contribution in [1.82, 2.24) is 0 Å². The lowest BCUT2D eigenvalue weighted by atomic mass is 10.1. The minimum absolute atomic E-state index is 0.162. The van der Waals surface area contributed by atoms with E-state index in [9.17, 15) is 5.26 Å². The van der Waals surface area contributed by atoms with Gasteiger partial charge in [-0.15, -0.1) is 0 Å². The summed E-state index contributed by atoms with van der Waals surface area (Å²) in [6.45, 7) is 2.07. The fourth-order valence-corrected chi connectivity index (χ4v) is 2.34. The zero-order valence-corrected chi connectivity index (χ0v) is 12.8. The van der Waals surface area contributed by atoms with Crippen LogP contribution in [0.3, 0.4) is 0 Å². The van der Waals surface area contributed by atoms with Crippen molar-refractivity contribution in [3.8, 4) is 11.8 Å². The number of ether oxygens (including phenoxy) is 1. The van der Waals surface area contributed by atoms with Crippen molar-refractivity contribution < 1.29 is 4.74 Å². The van der Waals surface area contributed by atoms with E-state index in [2.05, 4.69) is 18.3 Å². The maximum Gasteiger partial charge on any atom is 0.143 e. The fraction of sp³-hybridized carbons (Fsp3) is 0.235. The average Bonchev–Trinajstić information content (AvgIpc) is 2.49. The van der Waals surface area contributed by atoms with E-state index in [-0.39, 0.29) is 6.04 Å². The number of nitrogens with zero attached hydrogens (tertiary/aromatic N) is 1. The third-order valence-electron chi connectivity index (χ3n) is 3.21. The normalized spacial score (nSPS) is 11.5. The van der Waals surface area contributed by atoms with Crippen LogP contribution in [0.4, 0.5) is 5.69 Å². The summed E-state index contributed by atoms with van der Waals surface area (Å²) in [4.78, 5) is 0. The second-order valence-corrected chi connectivity index (χ2v) is 5.31. The van der Waals surface area contributed by atoms with Crippen LogP contribution >= 0.6 is 11.6 Å². The van der Waals surface area contributed by atoms with Gasteiger partial charge in [0.05, 0.1) is 18.4 Å². The van der Waals surface area contributed by atoms with Crippen LogP contribution < -0.4 is 10.1 Å². The highest BCUT2D eigenvalue weighted by atomic mass is 35.5. The molecule has 0 aromatic heterocycles. The molecule has 108 valence electrons. The van der Waals surface area contributed by atoms with Crippen molar-refractivity contribution in [2.75, 3.05) is 12.4 Å². The Kier molecular flexibility index (Phi) is 5.08. The van der Waals surface area contributed by atoms with Crippen molar-refractivity contribution in [2.45, 2.75) is 19.4 Å². The number of nitrogens with one attached hydrogen (secondary N) is 1. The summed E-state index contributed by atoms with van der Waals surface area (Å²) >= 11 is 5.89. The van der Waals surface area contributed by atoms with Crippen LogP contribution in [-0.4, -0.2) is 13.2 Å². The SMILES string of the molecule is COc1cccc(C#N)c1NC(C)Cc1ccc(Cl)cc1. The van der Waals surface area contributed by atoms with E-state index >= 15 is 0 Å². The monoisotopic (exact) mass is 300 g/mol. The standard InChI is InChI=1S/C17H17ClN2O/c1-12(10-13-6-8-15(18)9-7-13)20-17-14(11-19)4-3-5-16(17)21-2/h3-9,12,20H,10H2,1-2H3. The van der Waals surface area contributed by atoms with Gasteiger partial charge in [0, 0.05) is 11.1 Å². The first-order valence-electron chi connectivity index (χ1n) is 6.72. The Balaban J connectivity index is 2.14. The minimum atomic E-state index is 0.162. The lowest BCUT2D eigenvalue weighted by Gasteiger charge is -2.18. The molecule has 0 aliphatic heterocycles. The molecule has 4 heteroatoms. The van der Waals surface area contributed by atoms with Gasteiger partial charge in [0.2, 0.25) is 0 Å². The molecule has 0 radical (unpaired) electrons. The number of halogens is 1. The van der Waals surface area contributed by atoms with Crippen LogP contribution in [-0.2, 0) is 6.42 Å². The number of hydrogen-bond acceptors (Lipinski definition) is 3. The first-order valence-corrected chi connectivity index (χ1v) is 7.10. The Bertz CT molecular complexity index is 647. The molecule has 1 unspecified atom stereocenters. The number of hydrogen-bond donors (Lipinski definition) is 1. The first kappa shape index (κ1) is 15.2. The van der Waals surface area contributed by atoms with Crippen molar-refractivity contribution in [3.63, 3.8) is 0 Å². The molecule has 0 saturated carbocycles. The third-order valence-corrected chi connectivity index (χ3v) is 3.46. The van der Waals surface area contributed by atoms with Gasteiger partial charge in [-0.25, -0.2) is 0 Å². The second kappa shape index (κ2) is 7.01. The highest BCUT2D eigenvalue weighted by Crippen LogP contribution is 2.28. The maximum absolute atomic E-state index is 9.21. The Labute approximate surface area is 130 Å². The Morgan fingerprint density at radius 2 is 1.95 bits per heavy atom. The molecule has 2 rings (SSSR count). The minimum Gasteiger partial charge on any atom is -0.495 e. The molecule has 2 aromatic carbocycles. The number of methoxy groups -OCH3 is 1. The van der Waals surface area contributed by atoms with Crippen molar-refractivity contribution >= 4 is 17.3 Å². The highest BCUT2D eigenvalue weighted by Gasteiger charge is 2.12. The van der Waals surface area contributed by atoms with E-state index in [0.29, 0.717) is 11.3 Å². The number of anilines is 1. The molecular formula is C17H17ClN2O. The molecular weight excluding hydrogens is 284 g/mol. The molecule has 2 aromatic rings. The van der Waals surface area contributed by atoms with Crippen LogP contribution in [0, 0.1) is 11.3 Å². The van der Waals surface area contributed by atoms with Crippen LogP contribution in [0.5, 0.6) is 5.75 Å². The zero-order chi connectivity index (χ0) is 15.2. The highest BCUT2D eigenvalue weighted by molar-refractivity contribution is 6.30. The molecule has 21 heavy (non-hydrogen) atoms. The van der Waals surface area contributed by atoms with E-state index in [1.54, 1.807) is 13.2 Å². The van der Waals surface area contributed by atoms with Gasteiger partial charge in [-0.2, -0.15) is 5.26 Å². The van der Waals surface area contributed by atoms with E-state index < -0.39 is 0 Å². The van der Waals surface area contributed by atoms with E-state index in [0.717, 1.165) is 17.1 Å². The van der Waals surface area contributed by atoms with Crippen molar-refractivity contribution in [2.24, 2.45) is 0 Å². The smallest absolute Gasteiger partial charge is 0.143 e. The van der Waals surface area contributed by atoms with E-state index in [1.807, 2.05) is 36.4 Å². The van der Waals surface area contributed by atoms with Crippen LogP contribution in [0.25, 0.3) is 0 Å². The topological polar surface area (TPSA) is 45.0 Å². The number of nitriles is 1. The predicted molar refractivity (Wildman–Crippen MR) is 85.9 cm³/mol. The summed E-state index contributed by atoms with van der Waals surface area (Å²) < 4.78 is 5.32. The van der Waals surface area contributed by atoms with Gasteiger partial charge in [0.15, 0.2) is 0 Å². The summed E-state index contributed by atoms with van der Waals surface area (Å²) in [6, 6.07) is 15.6. The van der Waals surface area contributed by atoms with Crippen molar-refractivity contribution in [1.29, 1.82) is 5.26 Å². The summed E-state index contributed by atoms with van der Waals surface area (Å²) in [5.74, 6) is 0.678. The summed E-state index contributed by atoms with van der Waals surface area (Å²) in [6.07, 6.45) is 0.833. The van der Waals surface area contributed by atoms with Gasteiger partial charge in [-0.1, -0.05) is 29.8 Å². The first-order chi connectivity index (χ1) is 10.1. The average molecular weight is 301 g/mol. The number of para-hydroxylation sites is 1. The predicted octanol–water partition coefficient (Wildman–Crippen LogP) is 4.26. The van der Waals surface area contributed by atoms with Crippen molar-refractivity contribution in [3.05, 3.63) is 58.6 Å². The Hall–Kier alpha value is -2.18. The molecule has 0 aliphatic rings. The molecule has 1 N–H and O–H groups in total. The van der Waals surface area contributed by atoms with Gasteiger partial charge >= 0.3 is 0 Å². The molecule has 0 bridgehead atoms. The fourth-order valence-electron chi connectivity index (χ4n) is 2.21. The maximum atomic E-state index is 9.21. The molecule has 0 amide bonds. The molecule has 3 nitrogen and oxygen atoms in total. The third kappa shape index (κ3) is 3.90. The molecule has 0 fully saturated rings. The molecule has 0 saturated heterocycles. The number of rotatable bonds is 5. The number of benzene rings is 2. The molecule has 1 atom stereocenters. The molecule has 0 aliphatic carbocycles. The van der Waals surface area contributed by atoms with Gasteiger partial charge in [0.25, 0.3) is 0 Å². The van der Waals surface area contributed by atoms with E-state index in [4.69, 9.17) is 16.3 Å². The lowest BCUT2D eigenvalue weighted by molar-refractivity contribution is 0.416. The zero-order valence-electron chi connectivity index (χ0n) is 12.1. The van der Waals surface area contributed by atoms with Crippen LogP contribution in [0.1, 0.15) is 18.1 Å². The Morgan fingerprint density at radius 1 is 1.24 bits per heavy atom. The summed E-state index contributed by atoms with van der Waals surface area (Å²) in [7, 11) is 1.60. The van der Waals surface area contributed by atoms with Gasteiger partial charge in [-0.05, 0) is 43.2 Å². The van der Waals surface area contributed by atoms with Gasteiger partial charge < -0.3 is 10.1 Å². The Morgan fingerprint density at radius 3 is 2.57 bits per heavy atom. The largest absolute Gasteiger partial charge is 0.495 e. The lowest BCUT2D eigenvalue weighted by Crippen LogP contribution is -2.19. The van der Waals surface area contributed by atoms with Gasteiger partial charge in [0.1, 0.15) is 11.8 Å². The van der Waals surface area contributed by atoms with Crippen LogP contribution in [0.2, 0.25) is 5.02 Å². The van der Waals surface area contributed by atoms with Gasteiger partial charge in [-0.3, -0.25) is 0 Å². The summed E-state index contributed by atoms with van der Waals surface area (Å²) in [5.41, 5.74) is 2.51. The molecule has 0 heterocycles. The molecule has 0 spiro atoms.